The SMILES string of the molecule is CCCCC/C=C\C/C=C\CCCCCCCCCCCC(=O)OCCCCCCCCCCCCCCCCCCCCCCCCCCCCCCCCCCCC(=O)NC(CO)C(O)CCCCCCCCCCCCCCCCCCC. The number of ether oxygens (including phenoxy) is 1. The van der Waals surface area contributed by atoms with E-state index in [2.05, 4.69) is 43.5 Å². The van der Waals surface area contributed by atoms with Gasteiger partial charge in [-0.25, -0.2) is 0 Å². The highest BCUT2D eigenvalue weighted by molar-refractivity contribution is 5.76. The summed E-state index contributed by atoms with van der Waals surface area (Å²) in [5, 5.41) is 23.4. The number of rotatable bonds is 75. The molecule has 3 N–H and O–H groups in total. The van der Waals surface area contributed by atoms with E-state index in [1.807, 2.05) is 0 Å². The van der Waals surface area contributed by atoms with E-state index in [0.29, 0.717) is 25.9 Å². The molecule has 0 heterocycles. The number of hydrogen-bond donors (Lipinski definition) is 3. The molecule has 0 rings (SSSR count). The van der Waals surface area contributed by atoms with E-state index in [1.54, 1.807) is 0 Å². The van der Waals surface area contributed by atoms with Crippen LogP contribution in [0.2, 0.25) is 0 Å². The predicted molar refractivity (Wildman–Crippen MR) is 380 cm³/mol. The molecule has 0 aliphatic rings. The molecule has 0 aromatic carbocycles. The predicted octanol–water partition coefficient (Wildman–Crippen LogP) is 26.0. The summed E-state index contributed by atoms with van der Waals surface area (Å²) in [6.07, 6.45) is 97.0. The Morgan fingerprint density at radius 3 is 0.907 bits per heavy atom. The van der Waals surface area contributed by atoms with E-state index in [4.69, 9.17) is 4.74 Å². The van der Waals surface area contributed by atoms with Gasteiger partial charge in [-0.15, -0.1) is 0 Å². The van der Waals surface area contributed by atoms with Gasteiger partial charge in [-0.1, -0.05) is 404 Å². The Morgan fingerprint density at radius 1 is 0.326 bits per heavy atom. The van der Waals surface area contributed by atoms with Crippen LogP contribution in [0.25, 0.3) is 0 Å². The lowest BCUT2D eigenvalue weighted by Gasteiger charge is -2.22. The standard InChI is InChI=1S/C80H155NO5/c1-3-5-7-9-11-13-15-17-19-21-37-42-46-50-54-58-62-66-70-74-80(85)86-75-71-67-63-59-55-51-47-43-39-36-34-32-30-28-26-24-22-23-25-27-29-31-33-35-38-41-45-49-53-57-61-65-69-73-79(84)81-77(76-82)78(83)72-68-64-60-56-52-48-44-40-20-18-16-14-12-10-8-6-4-2/h11,13,17,19,77-78,82-83H,3-10,12,14-16,18,20-76H2,1-2H3,(H,81,84)/b13-11-,19-17-. The lowest BCUT2D eigenvalue weighted by Crippen LogP contribution is -2.45. The van der Waals surface area contributed by atoms with Crippen molar-refractivity contribution in [2.75, 3.05) is 13.2 Å². The number of amides is 1. The molecule has 0 aliphatic heterocycles. The first-order chi connectivity index (χ1) is 42.5. The summed E-state index contributed by atoms with van der Waals surface area (Å²) in [4.78, 5) is 24.7. The number of esters is 1. The highest BCUT2D eigenvalue weighted by Crippen LogP contribution is 2.20. The van der Waals surface area contributed by atoms with Crippen LogP contribution in [0.15, 0.2) is 24.3 Å². The first kappa shape index (κ1) is 84.3. The van der Waals surface area contributed by atoms with Gasteiger partial charge in [0.15, 0.2) is 0 Å². The minimum Gasteiger partial charge on any atom is -0.466 e. The van der Waals surface area contributed by atoms with Gasteiger partial charge < -0.3 is 20.3 Å². The summed E-state index contributed by atoms with van der Waals surface area (Å²) >= 11 is 0. The van der Waals surface area contributed by atoms with Crippen LogP contribution in [0.5, 0.6) is 0 Å². The highest BCUT2D eigenvalue weighted by atomic mass is 16.5. The Bertz CT molecular complexity index is 1350. The van der Waals surface area contributed by atoms with Crippen LogP contribution in [0.1, 0.15) is 450 Å². The zero-order valence-electron chi connectivity index (χ0n) is 58.6. The van der Waals surface area contributed by atoms with Crippen LogP contribution in [-0.2, 0) is 14.3 Å². The summed E-state index contributed by atoms with van der Waals surface area (Å²) in [6.45, 7) is 4.98. The zero-order chi connectivity index (χ0) is 62.0. The number of carbonyl (C=O) groups is 2. The third-order valence-electron chi connectivity index (χ3n) is 18.8. The Hall–Kier alpha value is -1.66. The minimum atomic E-state index is -0.661. The summed E-state index contributed by atoms with van der Waals surface area (Å²) in [5.74, 6) is -0.00691. The van der Waals surface area contributed by atoms with E-state index in [-0.39, 0.29) is 18.5 Å². The topological polar surface area (TPSA) is 95.9 Å². The van der Waals surface area contributed by atoms with Crippen molar-refractivity contribution in [3.05, 3.63) is 24.3 Å². The van der Waals surface area contributed by atoms with Crippen molar-refractivity contribution in [1.29, 1.82) is 0 Å². The maximum absolute atomic E-state index is 12.5. The van der Waals surface area contributed by atoms with Crippen LogP contribution in [0, 0.1) is 0 Å². The fraction of sp³-hybridized carbons (Fsp3) is 0.925. The number of aliphatic hydroxyl groups is 2. The van der Waals surface area contributed by atoms with Crippen LogP contribution >= 0.6 is 0 Å². The monoisotopic (exact) mass is 1210 g/mol. The third kappa shape index (κ3) is 71.4. The first-order valence-electron chi connectivity index (χ1n) is 39.6. The molecule has 0 radical (unpaired) electrons. The average Bonchev–Trinajstić information content (AvgIpc) is 3.59. The molecule has 86 heavy (non-hydrogen) atoms. The minimum absolute atomic E-state index is 0.0189. The molecule has 6 heteroatoms. The number of allylic oxidation sites excluding steroid dienone is 4. The second kappa shape index (κ2) is 75.8. The second-order valence-electron chi connectivity index (χ2n) is 27.4. The summed E-state index contributed by atoms with van der Waals surface area (Å²) in [7, 11) is 0. The molecule has 6 nitrogen and oxygen atoms in total. The second-order valence-corrected chi connectivity index (χ2v) is 27.4. The van der Waals surface area contributed by atoms with Gasteiger partial charge in [0.25, 0.3) is 0 Å². The van der Waals surface area contributed by atoms with Gasteiger partial charge >= 0.3 is 5.97 Å². The van der Waals surface area contributed by atoms with Crippen LogP contribution in [0.4, 0.5) is 0 Å². The average molecular weight is 1210 g/mol. The summed E-state index contributed by atoms with van der Waals surface area (Å²) in [5.41, 5.74) is 0. The molecule has 2 atom stereocenters. The Labute approximate surface area is 539 Å². The largest absolute Gasteiger partial charge is 0.466 e. The molecule has 0 saturated heterocycles. The van der Waals surface area contributed by atoms with Crippen LogP contribution in [0.3, 0.4) is 0 Å². The highest BCUT2D eigenvalue weighted by Gasteiger charge is 2.20. The molecule has 0 aromatic rings. The van der Waals surface area contributed by atoms with Crippen molar-refractivity contribution in [1.82, 2.24) is 5.32 Å². The summed E-state index contributed by atoms with van der Waals surface area (Å²) in [6, 6.07) is -0.538. The molecule has 0 bridgehead atoms. The van der Waals surface area contributed by atoms with E-state index >= 15 is 0 Å². The number of carbonyl (C=O) groups excluding carboxylic acids is 2. The van der Waals surface area contributed by atoms with Gasteiger partial charge in [0.1, 0.15) is 0 Å². The molecule has 0 saturated carbocycles. The quantitative estimate of drug-likeness (QED) is 0.0320. The van der Waals surface area contributed by atoms with Crippen molar-refractivity contribution in [2.45, 2.75) is 463 Å². The Morgan fingerprint density at radius 2 is 0.581 bits per heavy atom. The molecule has 510 valence electrons. The Balaban J connectivity index is 3.30. The third-order valence-corrected chi connectivity index (χ3v) is 18.8. The normalized spacial score (nSPS) is 12.6. The fourth-order valence-corrected chi connectivity index (χ4v) is 12.7. The number of aliphatic hydroxyl groups excluding tert-OH is 2. The van der Waals surface area contributed by atoms with Gasteiger partial charge in [0.05, 0.1) is 25.4 Å². The van der Waals surface area contributed by atoms with Crippen LogP contribution in [-0.4, -0.2) is 47.4 Å². The van der Waals surface area contributed by atoms with Crippen LogP contribution < -0.4 is 5.32 Å². The molecule has 0 aliphatic carbocycles. The number of unbranched alkanes of at least 4 members (excludes halogenated alkanes) is 60. The maximum atomic E-state index is 12.5. The molecule has 0 aromatic heterocycles. The lowest BCUT2D eigenvalue weighted by atomic mass is 10.0. The molecule has 0 spiro atoms. The fourth-order valence-electron chi connectivity index (χ4n) is 12.7. The summed E-state index contributed by atoms with van der Waals surface area (Å²) < 4.78 is 5.52. The van der Waals surface area contributed by atoms with E-state index < -0.39 is 12.1 Å². The number of hydrogen-bond acceptors (Lipinski definition) is 5. The van der Waals surface area contributed by atoms with Gasteiger partial charge in [0, 0.05) is 12.8 Å². The van der Waals surface area contributed by atoms with E-state index in [1.165, 1.54) is 372 Å². The van der Waals surface area contributed by atoms with Gasteiger partial charge in [-0.2, -0.15) is 0 Å². The molecular formula is C80H155NO5. The smallest absolute Gasteiger partial charge is 0.305 e. The molecule has 2 unspecified atom stereocenters. The lowest BCUT2D eigenvalue weighted by molar-refractivity contribution is -0.143. The Kier molecular flexibility index (Phi) is 74.3. The first-order valence-corrected chi connectivity index (χ1v) is 39.6. The van der Waals surface area contributed by atoms with E-state index in [9.17, 15) is 19.8 Å². The zero-order valence-corrected chi connectivity index (χ0v) is 58.6. The van der Waals surface area contributed by atoms with Crippen molar-refractivity contribution < 1.29 is 24.5 Å². The van der Waals surface area contributed by atoms with Gasteiger partial charge in [0.2, 0.25) is 5.91 Å². The van der Waals surface area contributed by atoms with Crippen molar-refractivity contribution in [3.8, 4) is 0 Å². The molecule has 1 amide bonds. The molecule has 0 fully saturated rings. The maximum Gasteiger partial charge on any atom is 0.305 e. The molecular weight excluding hydrogens is 1050 g/mol. The number of nitrogens with one attached hydrogen (secondary N) is 1. The van der Waals surface area contributed by atoms with E-state index in [0.717, 1.165) is 44.9 Å². The van der Waals surface area contributed by atoms with Crippen molar-refractivity contribution >= 4 is 11.9 Å². The van der Waals surface area contributed by atoms with Gasteiger partial charge in [-0.05, 0) is 57.8 Å². The van der Waals surface area contributed by atoms with Crippen molar-refractivity contribution in [2.24, 2.45) is 0 Å². The van der Waals surface area contributed by atoms with Crippen molar-refractivity contribution in [3.63, 3.8) is 0 Å². The van der Waals surface area contributed by atoms with Gasteiger partial charge in [-0.3, -0.25) is 9.59 Å².